The first-order chi connectivity index (χ1) is 59.6. The molecule has 0 N–H and O–H groups in total. The average Bonchev–Trinajstić information content (AvgIpc) is 1.40. The second-order valence-corrected chi connectivity index (χ2v) is 32.3. The second kappa shape index (κ2) is 25.8. The number of fused-ring (bicyclic) bond motifs is 22. The molecule has 4 nitrogen and oxygen atoms in total. The van der Waals surface area contributed by atoms with Crippen molar-refractivity contribution in [1.29, 1.82) is 0 Å². The van der Waals surface area contributed by atoms with E-state index in [0.717, 1.165) is 127 Å². The lowest BCUT2D eigenvalue weighted by Gasteiger charge is -2.20. The summed E-state index contributed by atoms with van der Waals surface area (Å²) in [6.45, 7) is 0. The summed E-state index contributed by atoms with van der Waals surface area (Å²) in [6, 6.07) is 153. The summed E-state index contributed by atoms with van der Waals surface area (Å²) in [5, 5.41) is 28.2. The molecule has 0 saturated carbocycles. The Morgan fingerprint density at radius 3 is 1.02 bits per heavy atom. The molecule has 0 aliphatic carbocycles. The Labute approximate surface area is 688 Å². The van der Waals surface area contributed by atoms with Gasteiger partial charge >= 0.3 is 0 Å². The number of hydrogen-bond acceptors (Lipinski definition) is 2. The predicted octanol–water partition coefficient (Wildman–Crippen LogP) is 32.6. The van der Waals surface area contributed by atoms with E-state index in [-0.39, 0.29) is 0 Å². The van der Waals surface area contributed by atoms with Gasteiger partial charge < -0.3 is 18.0 Å². The van der Waals surface area contributed by atoms with E-state index in [4.69, 9.17) is 8.83 Å². The predicted molar refractivity (Wildman–Crippen MR) is 508 cm³/mol. The van der Waals surface area contributed by atoms with E-state index >= 15 is 0 Å². The van der Waals surface area contributed by atoms with Crippen molar-refractivity contribution in [1.82, 2.24) is 9.13 Å². The van der Waals surface area contributed by atoms with Gasteiger partial charge in [0, 0.05) is 93.1 Å². The van der Waals surface area contributed by atoms with Gasteiger partial charge in [-0.15, -0.1) is 0 Å². The van der Waals surface area contributed by atoms with Crippen LogP contribution in [-0.2, 0) is 0 Å². The van der Waals surface area contributed by atoms with Crippen LogP contribution in [0, 0.1) is 0 Å². The molecule has 26 aromatic rings. The fraction of sp³-hybridized carbons (Fsp3) is 0. The summed E-state index contributed by atoms with van der Waals surface area (Å²) in [7, 11) is 0. The van der Waals surface area contributed by atoms with Crippen molar-refractivity contribution in [3.63, 3.8) is 0 Å². The summed E-state index contributed by atoms with van der Waals surface area (Å²) >= 11 is 0. The smallest absolute Gasteiger partial charge is 0.143 e. The van der Waals surface area contributed by atoms with Crippen LogP contribution < -0.4 is 0 Å². The average molecular weight is 1520 g/mol. The van der Waals surface area contributed by atoms with E-state index in [2.05, 4.69) is 422 Å². The summed E-state index contributed by atoms with van der Waals surface area (Å²) in [5.41, 5.74) is 26.4. The van der Waals surface area contributed by atoms with Gasteiger partial charge in [-0.2, -0.15) is 0 Å². The van der Waals surface area contributed by atoms with Crippen LogP contribution in [0.4, 0.5) is 0 Å². The zero-order valence-electron chi connectivity index (χ0n) is 65.0. The third kappa shape index (κ3) is 9.70. The summed E-state index contributed by atoms with van der Waals surface area (Å²) in [4.78, 5) is 0. The van der Waals surface area contributed by atoms with Crippen LogP contribution in [0.5, 0.6) is 0 Å². The fourth-order valence-corrected chi connectivity index (χ4v) is 20.9. The minimum absolute atomic E-state index is 0.836. The first-order valence-electron chi connectivity index (χ1n) is 41.4. The van der Waals surface area contributed by atoms with Crippen molar-refractivity contribution in [2.75, 3.05) is 0 Å². The third-order valence-corrected chi connectivity index (χ3v) is 26.1. The topological polar surface area (TPSA) is 36.1 Å². The molecule has 0 atom stereocenters. The zero-order valence-corrected chi connectivity index (χ0v) is 65.0. The Morgan fingerprint density at radius 1 is 0.150 bits per heavy atom. The number of nitrogens with zero attached hydrogens (tertiary/aromatic N) is 2. The van der Waals surface area contributed by atoms with E-state index in [1.165, 1.54) is 136 Å². The van der Waals surface area contributed by atoms with Crippen molar-refractivity contribution in [3.8, 4) is 89.3 Å². The number of benzene rings is 22. The van der Waals surface area contributed by atoms with E-state index in [9.17, 15) is 0 Å². The van der Waals surface area contributed by atoms with Gasteiger partial charge in [0.25, 0.3) is 0 Å². The summed E-state index contributed by atoms with van der Waals surface area (Å²) < 4.78 is 19.3. The lowest BCUT2D eigenvalue weighted by molar-refractivity contribution is 0.669. The molecule has 0 bridgehead atoms. The van der Waals surface area contributed by atoms with Crippen LogP contribution in [0.3, 0.4) is 0 Å². The maximum Gasteiger partial charge on any atom is 0.143 e. The summed E-state index contributed by atoms with van der Waals surface area (Å²) in [6.07, 6.45) is 0. The highest BCUT2D eigenvalue weighted by molar-refractivity contribution is 6.29. The number of para-hydroxylation sites is 7. The number of furan rings is 2. The molecule has 0 amide bonds. The minimum Gasteiger partial charge on any atom is -0.455 e. The third-order valence-electron chi connectivity index (χ3n) is 26.1. The van der Waals surface area contributed by atoms with Crippen LogP contribution in [0.1, 0.15) is 0 Å². The Hall–Kier alpha value is -15.9. The quantitative estimate of drug-likeness (QED) is 0.135. The summed E-state index contributed by atoms with van der Waals surface area (Å²) in [5.74, 6) is 0. The molecule has 4 aromatic heterocycles. The van der Waals surface area contributed by atoms with Crippen molar-refractivity contribution in [2.45, 2.75) is 0 Å². The highest BCUT2D eigenvalue weighted by Gasteiger charge is 2.28. The van der Waals surface area contributed by atoms with Gasteiger partial charge in [-0.3, -0.25) is 0 Å². The monoisotopic (exact) mass is 1520 g/mol. The molecule has 0 fully saturated rings. The van der Waals surface area contributed by atoms with Gasteiger partial charge in [-0.25, -0.2) is 0 Å². The van der Waals surface area contributed by atoms with Crippen molar-refractivity contribution < 1.29 is 8.83 Å². The molecule has 0 aliphatic heterocycles. The molecular weight excluding hydrogens is 1450 g/mol. The lowest BCUT2D eigenvalue weighted by Crippen LogP contribution is -1.97. The Bertz CT molecular complexity index is 8910. The van der Waals surface area contributed by atoms with Gasteiger partial charge in [-0.1, -0.05) is 352 Å². The van der Waals surface area contributed by atoms with Gasteiger partial charge in [0.1, 0.15) is 22.3 Å². The largest absolute Gasteiger partial charge is 0.455 e. The van der Waals surface area contributed by atoms with Crippen molar-refractivity contribution in [3.05, 3.63) is 413 Å². The highest BCUT2D eigenvalue weighted by atomic mass is 16.3. The zero-order chi connectivity index (χ0) is 78.4. The Kier molecular flexibility index (Phi) is 14.3. The molecule has 554 valence electrons. The first kappa shape index (κ1) is 66.4. The Balaban J connectivity index is 0.648. The molecule has 0 unspecified atom stereocenters. The Morgan fingerprint density at radius 2 is 0.467 bits per heavy atom. The second-order valence-electron chi connectivity index (χ2n) is 32.3. The van der Waals surface area contributed by atoms with Crippen LogP contribution in [0.25, 0.3) is 263 Å². The van der Waals surface area contributed by atoms with E-state index in [1.807, 2.05) is 0 Å². The van der Waals surface area contributed by atoms with Crippen LogP contribution in [-0.4, -0.2) is 9.13 Å². The molecule has 120 heavy (non-hydrogen) atoms. The maximum atomic E-state index is 7.33. The van der Waals surface area contributed by atoms with Gasteiger partial charge in [0.15, 0.2) is 0 Å². The normalized spacial score (nSPS) is 12.2. The molecule has 0 spiro atoms. The van der Waals surface area contributed by atoms with E-state index in [0.29, 0.717) is 0 Å². The molecule has 4 heterocycles. The van der Waals surface area contributed by atoms with Crippen LogP contribution in [0.2, 0.25) is 0 Å². The lowest BCUT2D eigenvalue weighted by atomic mass is 9.84. The van der Waals surface area contributed by atoms with Crippen molar-refractivity contribution >= 4 is 174 Å². The number of hydrogen-bond donors (Lipinski definition) is 0. The van der Waals surface area contributed by atoms with E-state index in [1.54, 1.807) is 0 Å². The van der Waals surface area contributed by atoms with E-state index < -0.39 is 0 Å². The number of rotatable bonds is 9. The molecule has 4 heteroatoms. The SMILES string of the molecule is c1ccc(-n2c3c(-c4cccc5c(-c6cccc7ccccc67)c6cccc(-c7cccc8c9ccc%10cc(-c%11ccc%12c(c%11)oc%11c(-c%13cccc%14c(-c%15cccc%16c%15oc%15ccccc%15%16)c%15cccc(-c%16cccc%17ccccc%16%17)c%15cc%13%14)cccc%11%12)ccc%10c9n(-c9ccccc9)c78)c6cc45)cccc3c3ccc4ccccc4c32)cc1. The molecule has 26 rings (SSSR count). The minimum atomic E-state index is 0.836. The van der Waals surface area contributed by atoms with Crippen molar-refractivity contribution in [2.24, 2.45) is 0 Å². The van der Waals surface area contributed by atoms with Crippen LogP contribution in [0.15, 0.2) is 421 Å². The molecule has 0 radical (unpaired) electrons. The van der Waals surface area contributed by atoms with Gasteiger partial charge in [-0.05, 0) is 186 Å². The molecule has 0 saturated heterocycles. The maximum absolute atomic E-state index is 7.33. The van der Waals surface area contributed by atoms with Gasteiger partial charge in [0.05, 0.1) is 22.1 Å². The highest BCUT2D eigenvalue weighted by Crippen LogP contribution is 2.53. The molecule has 0 aliphatic rings. The molecular formula is C116H68N2O2. The first-order valence-corrected chi connectivity index (χ1v) is 41.4. The fourth-order valence-electron chi connectivity index (χ4n) is 20.9. The van der Waals surface area contributed by atoms with Crippen LogP contribution >= 0.6 is 0 Å². The van der Waals surface area contributed by atoms with Gasteiger partial charge in [0.2, 0.25) is 0 Å². The standard InChI is InChI=1S/C116H68N2O2/c1-3-30-75(31-4-1)117-111-79-36-12-9-27-71(79)57-63-97(111)95-50-21-48-93(113(95)117)83-40-18-44-89-104(83)68-105-84(41-19-45-90(105)109(89)88-43-16-29-70-26-8-11-35-78(70)88)94-49-22-51-96-98-64-60-74-65-72(58-61-80(74)112(98)118(114(94)96)76-32-5-2-6-33-76)73-59-62-87-101-53-23-52-99(115(101)120-108(87)66-73)85-42-20-47-92-106(85)67-103-82(81-38-15-28-69-25-7-10-34-77(69)81)39-17-46-91(103)110(92)102-55-24-54-100-86-37-13-14-56-107(86)119-116(100)102/h1-68H. The number of aromatic nitrogens is 2. The molecule has 22 aromatic carbocycles.